The molecule has 1 N–H and O–H groups in total. The van der Waals surface area contributed by atoms with E-state index in [1.54, 1.807) is 36.4 Å². The maximum Gasteiger partial charge on any atom is 0.438 e. The molecule has 3 rings (SSSR count). The Labute approximate surface area is 172 Å². The predicted octanol–water partition coefficient (Wildman–Crippen LogP) is 4.38. The van der Waals surface area contributed by atoms with Crippen LogP contribution in [0.5, 0.6) is 5.75 Å². The van der Waals surface area contributed by atoms with E-state index in [-0.39, 0.29) is 16.6 Å². The molecule has 0 aliphatic carbocycles. The summed E-state index contributed by atoms with van der Waals surface area (Å²) < 4.78 is 46.6. The first-order chi connectivity index (χ1) is 14.0. The average Bonchev–Trinajstić information content (AvgIpc) is 3.05. The Morgan fingerprint density at radius 1 is 1.23 bits per heavy atom. The number of amides is 1. The molecule has 1 amide bonds. The minimum absolute atomic E-state index is 0.0257. The molecule has 1 atom stereocenters. The maximum absolute atomic E-state index is 13.7. The van der Waals surface area contributed by atoms with E-state index in [0.717, 1.165) is 11.1 Å². The van der Waals surface area contributed by atoms with Crippen molar-refractivity contribution in [2.75, 3.05) is 6.61 Å². The summed E-state index contributed by atoms with van der Waals surface area (Å²) in [6.07, 6.45) is -5.94. The molecular formula is C22H23F3N2O3. The van der Waals surface area contributed by atoms with E-state index in [0.29, 0.717) is 11.3 Å². The number of carbonyl (C=O) groups is 1. The Morgan fingerprint density at radius 2 is 1.90 bits per heavy atom. The van der Waals surface area contributed by atoms with Crippen LogP contribution in [0.2, 0.25) is 0 Å². The summed E-state index contributed by atoms with van der Waals surface area (Å²) in [5.74, 6) is -0.574. The highest BCUT2D eigenvalue weighted by Crippen LogP contribution is 2.41. The van der Waals surface area contributed by atoms with Crippen molar-refractivity contribution in [3.63, 3.8) is 0 Å². The van der Waals surface area contributed by atoms with Crippen molar-refractivity contribution in [3.8, 4) is 5.75 Å². The lowest BCUT2D eigenvalue weighted by atomic mass is 10.0. The van der Waals surface area contributed by atoms with Crippen molar-refractivity contribution in [1.29, 1.82) is 0 Å². The molecule has 1 unspecified atom stereocenters. The molecule has 0 saturated carbocycles. The molecule has 1 aliphatic heterocycles. The molecule has 160 valence electrons. The van der Waals surface area contributed by atoms with Crippen LogP contribution in [0.25, 0.3) is 0 Å². The van der Waals surface area contributed by atoms with E-state index in [1.165, 1.54) is 0 Å². The highest BCUT2D eigenvalue weighted by Gasteiger charge is 2.63. The van der Waals surface area contributed by atoms with Gasteiger partial charge in [-0.25, -0.2) is 0 Å². The summed E-state index contributed by atoms with van der Waals surface area (Å²) in [7, 11) is 0. The van der Waals surface area contributed by atoms with E-state index >= 15 is 0 Å². The Hall–Kier alpha value is -2.87. The number of nitrogens with zero attached hydrogens (tertiary/aromatic N) is 2. The number of alkyl halides is 3. The van der Waals surface area contributed by atoms with Crippen molar-refractivity contribution in [3.05, 3.63) is 65.2 Å². The summed E-state index contributed by atoms with van der Waals surface area (Å²) in [5, 5.41) is 14.3. The number of aryl methyl sites for hydroxylation is 1. The van der Waals surface area contributed by atoms with Gasteiger partial charge in [-0.3, -0.25) is 4.79 Å². The fourth-order valence-electron chi connectivity index (χ4n) is 3.26. The smallest absolute Gasteiger partial charge is 0.438 e. The Kier molecular flexibility index (Phi) is 5.90. The molecule has 0 spiro atoms. The van der Waals surface area contributed by atoms with Crippen LogP contribution in [0.15, 0.2) is 53.6 Å². The molecule has 1 aliphatic rings. The van der Waals surface area contributed by atoms with Gasteiger partial charge in [-0.05, 0) is 35.6 Å². The zero-order valence-electron chi connectivity index (χ0n) is 16.9. The van der Waals surface area contributed by atoms with Gasteiger partial charge in [0.2, 0.25) is 0 Å². The van der Waals surface area contributed by atoms with Gasteiger partial charge >= 0.3 is 6.18 Å². The molecule has 8 heteroatoms. The van der Waals surface area contributed by atoms with Crippen LogP contribution in [0, 0.1) is 6.92 Å². The number of carbonyl (C=O) groups excluding carboxylic acids is 1. The zero-order valence-corrected chi connectivity index (χ0v) is 16.9. The maximum atomic E-state index is 13.7. The number of hydrogen-bond acceptors (Lipinski definition) is 4. The number of aliphatic hydroxyl groups is 1. The van der Waals surface area contributed by atoms with Gasteiger partial charge < -0.3 is 9.84 Å². The fourth-order valence-corrected chi connectivity index (χ4v) is 3.26. The molecule has 0 bridgehead atoms. The molecular weight excluding hydrogens is 397 g/mol. The highest BCUT2D eigenvalue weighted by atomic mass is 19.4. The number of hydrazone groups is 1. The van der Waals surface area contributed by atoms with Gasteiger partial charge in [0.05, 0.1) is 12.1 Å². The first-order valence-corrected chi connectivity index (χ1v) is 9.51. The van der Waals surface area contributed by atoms with Gasteiger partial charge in [0.15, 0.2) is 6.61 Å². The summed E-state index contributed by atoms with van der Waals surface area (Å²) in [6, 6.07) is 13.6. The SMILES string of the molecule is Cc1ccc(C(C)C)c(OCC(=O)N2N=C(c3ccccc3)CC2(O)C(F)(F)F)c1. The summed E-state index contributed by atoms with van der Waals surface area (Å²) in [6.45, 7) is 5.04. The van der Waals surface area contributed by atoms with E-state index in [9.17, 15) is 23.1 Å². The van der Waals surface area contributed by atoms with Gasteiger partial charge in [0.25, 0.3) is 11.6 Å². The quantitative estimate of drug-likeness (QED) is 0.781. The normalized spacial score (nSPS) is 19.2. The van der Waals surface area contributed by atoms with Gasteiger partial charge in [-0.1, -0.05) is 56.3 Å². The van der Waals surface area contributed by atoms with Crippen molar-refractivity contribution in [2.24, 2.45) is 5.10 Å². The lowest BCUT2D eigenvalue weighted by Crippen LogP contribution is -2.57. The van der Waals surface area contributed by atoms with Gasteiger partial charge in [-0.2, -0.15) is 23.3 Å². The molecule has 5 nitrogen and oxygen atoms in total. The number of benzene rings is 2. The topological polar surface area (TPSA) is 62.1 Å². The second-order valence-electron chi connectivity index (χ2n) is 7.59. The number of halogens is 3. The second-order valence-corrected chi connectivity index (χ2v) is 7.59. The minimum atomic E-state index is -5.09. The molecule has 0 saturated heterocycles. The highest BCUT2D eigenvalue weighted by molar-refractivity contribution is 6.03. The van der Waals surface area contributed by atoms with E-state index < -0.39 is 30.8 Å². The van der Waals surface area contributed by atoms with Crippen LogP contribution < -0.4 is 4.74 Å². The summed E-state index contributed by atoms with van der Waals surface area (Å²) >= 11 is 0. The van der Waals surface area contributed by atoms with Crippen LogP contribution >= 0.6 is 0 Å². The molecule has 0 radical (unpaired) electrons. The van der Waals surface area contributed by atoms with Crippen LogP contribution in [0.4, 0.5) is 13.2 Å². The minimum Gasteiger partial charge on any atom is -0.483 e. The van der Waals surface area contributed by atoms with Crippen molar-refractivity contribution in [2.45, 2.75) is 45.0 Å². The van der Waals surface area contributed by atoms with E-state index in [2.05, 4.69) is 5.10 Å². The third-order valence-corrected chi connectivity index (χ3v) is 4.92. The average molecular weight is 420 g/mol. The first kappa shape index (κ1) is 21.8. The van der Waals surface area contributed by atoms with Gasteiger partial charge in [0.1, 0.15) is 5.75 Å². The second kappa shape index (κ2) is 8.10. The molecule has 2 aromatic rings. The molecule has 30 heavy (non-hydrogen) atoms. The van der Waals surface area contributed by atoms with Gasteiger partial charge in [-0.15, -0.1) is 0 Å². The number of hydrogen-bond donors (Lipinski definition) is 1. The van der Waals surface area contributed by atoms with E-state index in [1.807, 2.05) is 32.9 Å². The Morgan fingerprint density at radius 3 is 2.50 bits per heavy atom. The Bertz CT molecular complexity index is 958. The monoisotopic (exact) mass is 420 g/mol. The van der Waals surface area contributed by atoms with Crippen LogP contribution in [0.1, 0.15) is 42.9 Å². The van der Waals surface area contributed by atoms with Crippen molar-refractivity contribution < 1.29 is 27.8 Å². The first-order valence-electron chi connectivity index (χ1n) is 9.51. The number of ether oxygens (including phenoxy) is 1. The number of rotatable bonds is 5. The largest absolute Gasteiger partial charge is 0.483 e. The Balaban J connectivity index is 1.87. The van der Waals surface area contributed by atoms with E-state index in [4.69, 9.17) is 4.74 Å². The third-order valence-electron chi connectivity index (χ3n) is 4.92. The molecule has 0 aromatic heterocycles. The standard InChI is InChI=1S/C22H23F3N2O3/c1-14(2)17-10-9-15(3)11-19(17)30-13-20(28)27-21(29,22(23,24)25)12-18(26-27)16-7-5-4-6-8-16/h4-11,14,29H,12-13H2,1-3H3. The van der Waals surface area contributed by atoms with Gasteiger partial charge in [0, 0.05) is 0 Å². The summed E-state index contributed by atoms with van der Waals surface area (Å²) in [4.78, 5) is 12.7. The van der Waals surface area contributed by atoms with Crippen LogP contribution in [-0.2, 0) is 4.79 Å². The molecule has 0 fully saturated rings. The van der Waals surface area contributed by atoms with Crippen molar-refractivity contribution in [1.82, 2.24) is 5.01 Å². The van der Waals surface area contributed by atoms with Crippen molar-refractivity contribution >= 4 is 11.6 Å². The molecule has 2 aromatic carbocycles. The van der Waals surface area contributed by atoms with Crippen LogP contribution in [0.3, 0.4) is 0 Å². The molecule has 1 heterocycles. The van der Waals surface area contributed by atoms with Crippen LogP contribution in [-0.4, -0.2) is 40.2 Å². The summed E-state index contributed by atoms with van der Waals surface area (Å²) in [5.41, 5.74) is -1.33. The lowest BCUT2D eigenvalue weighted by molar-refractivity contribution is -0.302. The third kappa shape index (κ3) is 4.18. The lowest BCUT2D eigenvalue weighted by Gasteiger charge is -2.32. The zero-order chi connectivity index (χ0) is 22.1. The fraction of sp³-hybridized carbons (Fsp3) is 0.364. The predicted molar refractivity (Wildman–Crippen MR) is 106 cm³/mol.